The first-order chi connectivity index (χ1) is 10.4. The molecule has 6 heteroatoms. The van der Waals surface area contributed by atoms with Crippen molar-refractivity contribution in [2.75, 3.05) is 12.4 Å². The quantitative estimate of drug-likeness (QED) is 0.881. The zero-order valence-corrected chi connectivity index (χ0v) is 11.9. The van der Waals surface area contributed by atoms with E-state index in [0.717, 1.165) is 18.2 Å². The molecule has 4 nitrogen and oxygen atoms in total. The molecule has 0 atom stereocenters. The van der Waals surface area contributed by atoms with Crippen LogP contribution in [-0.2, 0) is 0 Å². The van der Waals surface area contributed by atoms with E-state index in [2.05, 4.69) is 5.32 Å². The molecule has 0 radical (unpaired) electrons. The van der Waals surface area contributed by atoms with E-state index in [1.807, 2.05) is 0 Å². The summed E-state index contributed by atoms with van der Waals surface area (Å²) in [4.78, 5) is 23.7. The molecule has 114 valence electrons. The van der Waals surface area contributed by atoms with Gasteiger partial charge < -0.3 is 10.1 Å². The van der Waals surface area contributed by atoms with E-state index < -0.39 is 23.3 Å². The smallest absolute Gasteiger partial charge is 0.255 e. The summed E-state index contributed by atoms with van der Waals surface area (Å²) in [6, 6.07) is 7.13. The predicted octanol–water partition coefficient (Wildman–Crippen LogP) is 3.43. The summed E-state index contributed by atoms with van der Waals surface area (Å²) >= 11 is 0. The molecule has 0 fully saturated rings. The number of anilines is 1. The second-order valence-corrected chi connectivity index (χ2v) is 4.55. The van der Waals surface area contributed by atoms with Crippen molar-refractivity contribution < 1.29 is 23.1 Å². The van der Waals surface area contributed by atoms with Crippen LogP contribution >= 0.6 is 0 Å². The van der Waals surface area contributed by atoms with Crippen LogP contribution in [0.25, 0.3) is 0 Å². The minimum absolute atomic E-state index is 0.0220. The number of hydrogen-bond donors (Lipinski definition) is 1. The van der Waals surface area contributed by atoms with Gasteiger partial charge in [0, 0.05) is 17.2 Å². The van der Waals surface area contributed by atoms with E-state index in [1.54, 1.807) is 0 Å². The maximum atomic E-state index is 13.7. The number of nitrogens with one attached hydrogen (secondary N) is 1. The Morgan fingerprint density at radius 1 is 1.09 bits per heavy atom. The molecule has 0 unspecified atom stereocenters. The molecule has 1 N–H and O–H groups in total. The third kappa shape index (κ3) is 3.28. The molecule has 0 aliphatic carbocycles. The van der Waals surface area contributed by atoms with E-state index >= 15 is 0 Å². The number of ketones is 1. The van der Waals surface area contributed by atoms with Crippen molar-refractivity contribution in [3.63, 3.8) is 0 Å². The highest BCUT2D eigenvalue weighted by Crippen LogP contribution is 2.27. The van der Waals surface area contributed by atoms with Crippen molar-refractivity contribution in [1.82, 2.24) is 0 Å². The normalized spacial score (nSPS) is 10.2. The van der Waals surface area contributed by atoms with Gasteiger partial charge in [0.05, 0.1) is 12.8 Å². The van der Waals surface area contributed by atoms with Crippen LogP contribution in [0.15, 0.2) is 36.4 Å². The summed E-state index contributed by atoms with van der Waals surface area (Å²) in [5.41, 5.74) is 0.355. The van der Waals surface area contributed by atoms with Gasteiger partial charge in [-0.3, -0.25) is 9.59 Å². The van der Waals surface area contributed by atoms with Crippen molar-refractivity contribution in [2.24, 2.45) is 0 Å². The monoisotopic (exact) mass is 305 g/mol. The highest BCUT2D eigenvalue weighted by Gasteiger charge is 2.16. The molecule has 0 heterocycles. The summed E-state index contributed by atoms with van der Waals surface area (Å²) < 4.78 is 31.4. The zero-order valence-electron chi connectivity index (χ0n) is 11.9. The average Bonchev–Trinajstić information content (AvgIpc) is 2.49. The lowest BCUT2D eigenvalue weighted by molar-refractivity contribution is 0.101. The van der Waals surface area contributed by atoms with E-state index in [1.165, 1.54) is 32.2 Å². The first-order valence-corrected chi connectivity index (χ1v) is 6.37. The lowest BCUT2D eigenvalue weighted by Gasteiger charge is -2.12. The molecule has 0 aliphatic heterocycles. The van der Waals surface area contributed by atoms with Crippen molar-refractivity contribution >= 4 is 17.4 Å². The molecule has 2 rings (SSSR count). The van der Waals surface area contributed by atoms with E-state index in [0.29, 0.717) is 0 Å². The van der Waals surface area contributed by atoms with Gasteiger partial charge >= 0.3 is 0 Å². The number of ether oxygens (including phenoxy) is 1. The third-order valence-corrected chi connectivity index (χ3v) is 3.03. The van der Waals surface area contributed by atoms with E-state index in [-0.39, 0.29) is 22.6 Å². The van der Waals surface area contributed by atoms with Crippen LogP contribution in [0.1, 0.15) is 27.6 Å². The topological polar surface area (TPSA) is 55.4 Å². The van der Waals surface area contributed by atoms with Gasteiger partial charge in [-0.2, -0.15) is 0 Å². The molecular formula is C16H13F2NO3. The molecule has 2 aromatic carbocycles. The number of Topliss-reactive ketones (excluding diaryl/α,β-unsaturated/α-hetero) is 1. The Labute approximate surface area is 125 Å². The molecule has 0 spiro atoms. The molecule has 0 saturated heterocycles. The molecule has 0 aliphatic rings. The Balaban J connectivity index is 2.37. The summed E-state index contributed by atoms with van der Waals surface area (Å²) in [6.45, 7) is 1.26. The Bertz CT molecular complexity index is 727. The summed E-state index contributed by atoms with van der Waals surface area (Å²) in [5, 5.41) is 2.50. The summed E-state index contributed by atoms with van der Waals surface area (Å²) in [5.74, 6) is -2.22. The average molecular weight is 305 g/mol. The molecular weight excluding hydrogens is 292 g/mol. The lowest BCUT2D eigenvalue weighted by Crippen LogP contribution is -2.15. The van der Waals surface area contributed by atoms with Crippen molar-refractivity contribution in [3.8, 4) is 5.75 Å². The molecule has 1 amide bonds. The van der Waals surface area contributed by atoms with Gasteiger partial charge in [-0.25, -0.2) is 8.78 Å². The fourth-order valence-corrected chi connectivity index (χ4v) is 1.90. The first-order valence-electron chi connectivity index (χ1n) is 6.37. The van der Waals surface area contributed by atoms with Crippen molar-refractivity contribution in [2.45, 2.75) is 6.92 Å². The van der Waals surface area contributed by atoms with Crippen molar-refractivity contribution in [1.29, 1.82) is 0 Å². The summed E-state index contributed by atoms with van der Waals surface area (Å²) in [7, 11) is 1.28. The van der Waals surface area contributed by atoms with Gasteiger partial charge in [-0.1, -0.05) is 0 Å². The lowest BCUT2D eigenvalue weighted by atomic mass is 10.1. The van der Waals surface area contributed by atoms with E-state index in [9.17, 15) is 18.4 Å². The fraction of sp³-hybridized carbons (Fsp3) is 0.125. The second-order valence-electron chi connectivity index (χ2n) is 4.55. The first kappa shape index (κ1) is 15.6. The molecule has 0 saturated carbocycles. The van der Waals surface area contributed by atoms with Crippen LogP contribution in [0, 0.1) is 11.6 Å². The molecule has 0 aromatic heterocycles. The standard InChI is InChI=1S/C16H13F2NO3/c1-9(20)12-7-13(18)15(22-2)8-14(12)19-16(21)10-3-5-11(17)6-4-10/h3-8H,1-2H3,(H,19,21). The fourth-order valence-electron chi connectivity index (χ4n) is 1.90. The summed E-state index contributed by atoms with van der Waals surface area (Å²) in [6.07, 6.45) is 0. The number of rotatable bonds is 4. The van der Waals surface area contributed by atoms with E-state index in [4.69, 9.17) is 4.74 Å². The van der Waals surface area contributed by atoms with Crippen LogP contribution in [0.4, 0.5) is 14.5 Å². The Morgan fingerprint density at radius 3 is 2.27 bits per heavy atom. The SMILES string of the molecule is COc1cc(NC(=O)c2ccc(F)cc2)c(C(C)=O)cc1F. The zero-order chi connectivity index (χ0) is 16.3. The van der Waals surface area contributed by atoms with Crippen molar-refractivity contribution in [3.05, 3.63) is 59.2 Å². The highest BCUT2D eigenvalue weighted by atomic mass is 19.1. The van der Waals surface area contributed by atoms with Gasteiger partial charge in [-0.05, 0) is 37.3 Å². The van der Waals surface area contributed by atoms with Crippen LogP contribution in [0.3, 0.4) is 0 Å². The number of hydrogen-bond acceptors (Lipinski definition) is 3. The molecule has 22 heavy (non-hydrogen) atoms. The number of methoxy groups -OCH3 is 1. The minimum atomic E-state index is -0.701. The Hall–Kier alpha value is -2.76. The number of amides is 1. The largest absolute Gasteiger partial charge is 0.494 e. The Morgan fingerprint density at radius 2 is 1.73 bits per heavy atom. The number of benzene rings is 2. The van der Waals surface area contributed by atoms with Crippen LogP contribution in [0.5, 0.6) is 5.75 Å². The van der Waals surface area contributed by atoms with Gasteiger partial charge in [-0.15, -0.1) is 0 Å². The molecule has 0 bridgehead atoms. The minimum Gasteiger partial charge on any atom is -0.494 e. The van der Waals surface area contributed by atoms with Gasteiger partial charge in [0.2, 0.25) is 0 Å². The second kappa shape index (κ2) is 6.34. The highest BCUT2D eigenvalue weighted by molar-refractivity contribution is 6.09. The maximum Gasteiger partial charge on any atom is 0.255 e. The third-order valence-electron chi connectivity index (χ3n) is 3.03. The predicted molar refractivity (Wildman–Crippen MR) is 77.3 cm³/mol. The van der Waals surface area contributed by atoms with Gasteiger partial charge in [0.25, 0.3) is 5.91 Å². The Kier molecular flexibility index (Phi) is 4.50. The number of carbonyl (C=O) groups is 2. The molecule has 2 aromatic rings. The number of carbonyl (C=O) groups excluding carboxylic acids is 2. The van der Waals surface area contributed by atoms with Gasteiger partial charge in [0.15, 0.2) is 17.3 Å². The maximum absolute atomic E-state index is 13.7. The van der Waals surface area contributed by atoms with Gasteiger partial charge in [0.1, 0.15) is 5.82 Å². The van der Waals surface area contributed by atoms with Crippen LogP contribution < -0.4 is 10.1 Å². The van der Waals surface area contributed by atoms with Crippen LogP contribution in [-0.4, -0.2) is 18.8 Å². The number of halogens is 2. The van der Waals surface area contributed by atoms with Crippen LogP contribution in [0.2, 0.25) is 0 Å².